The highest BCUT2D eigenvalue weighted by atomic mass is 16.5. The van der Waals surface area contributed by atoms with Gasteiger partial charge in [0.25, 0.3) is 5.91 Å². The van der Waals surface area contributed by atoms with Crippen molar-refractivity contribution in [1.29, 1.82) is 0 Å². The Labute approximate surface area is 128 Å². The molecule has 0 saturated carbocycles. The summed E-state index contributed by atoms with van der Waals surface area (Å²) in [5.41, 5.74) is 1.17. The molecule has 0 heterocycles. The number of benzene rings is 1. The molecule has 0 aromatic heterocycles. The van der Waals surface area contributed by atoms with Crippen molar-refractivity contribution in [1.82, 2.24) is 10.6 Å². The van der Waals surface area contributed by atoms with Crippen LogP contribution in [0.3, 0.4) is 0 Å². The molecule has 0 fully saturated rings. The predicted molar refractivity (Wildman–Crippen MR) is 86.4 cm³/mol. The number of nitrogens with one attached hydrogen (secondary N) is 2. The first kappa shape index (κ1) is 17.5. The maximum absolute atomic E-state index is 11.6. The smallest absolute Gasteiger partial charge is 0.257 e. The molecule has 0 unspecified atom stereocenters. The number of carbonyl (C=O) groups excluding carboxylic acids is 1. The summed E-state index contributed by atoms with van der Waals surface area (Å²) in [6, 6.07) is 7.86. The van der Waals surface area contributed by atoms with Gasteiger partial charge in [0, 0.05) is 13.1 Å². The number of rotatable bonds is 10. The summed E-state index contributed by atoms with van der Waals surface area (Å²) in [7, 11) is 0. The molecule has 0 aliphatic carbocycles. The zero-order chi connectivity index (χ0) is 15.5. The van der Waals surface area contributed by atoms with E-state index in [1.807, 2.05) is 18.2 Å². The van der Waals surface area contributed by atoms with Gasteiger partial charge in [0.15, 0.2) is 6.61 Å². The Balaban J connectivity index is 2.30. The fourth-order valence-electron chi connectivity index (χ4n) is 1.85. The first-order valence-electron chi connectivity index (χ1n) is 7.81. The largest absolute Gasteiger partial charge is 0.484 e. The van der Waals surface area contributed by atoms with Crippen molar-refractivity contribution in [3.05, 3.63) is 29.8 Å². The number of ether oxygens (including phenoxy) is 1. The average molecular weight is 292 g/mol. The molecule has 0 aliphatic heterocycles. The second-order valence-electron chi connectivity index (χ2n) is 5.65. The van der Waals surface area contributed by atoms with Crippen molar-refractivity contribution in [2.75, 3.05) is 19.7 Å². The minimum absolute atomic E-state index is 0.0647. The molecule has 2 N–H and O–H groups in total. The van der Waals surface area contributed by atoms with Crippen molar-refractivity contribution in [3.63, 3.8) is 0 Å². The Bertz CT molecular complexity index is 419. The van der Waals surface area contributed by atoms with Crippen LogP contribution in [0.2, 0.25) is 0 Å². The van der Waals surface area contributed by atoms with Gasteiger partial charge in [-0.15, -0.1) is 0 Å². The summed E-state index contributed by atoms with van der Waals surface area (Å²) in [6.07, 6.45) is 2.11. The van der Waals surface area contributed by atoms with Crippen LogP contribution in [0, 0.1) is 5.92 Å². The fourth-order valence-corrected chi connectivity index (χ4v) is 1.85. The molecule has 0 bridgehead atoms. The van der Waals surface area contributed by atoms with Gasteiger partial charge < -0.3 is 15.4 Å². The van der Waals surface area contributed by atoms with Crippen LogP contribution >= 0.6 is 0 Å². The quantitative estimate of drug-likeness (QED) is 0.652. The van der Waals surface area contributed by atoms with Crippen LogP contribution in [0.5, 0.6) is 5.75 Å². The lowest BCUT2D eigenvalue weighted by Crippen LogP contribution is -2.30. The van der Waals surface area contributed by atoms with Crippen molar-refractivity contribution >= 4 is 5.91 Å². The van der Waals surface area contributed by atoms with E-state index >= 15 is 0 Å². The highest BCUT2D eigenvalue weighted by Crippen LogP contribution is 2.13. The first-order valence-corrected chi connectivity index (χ1v) is 7.81. The Morgan fingerprint density at radius 1 is 1.29 bits per heavy atom. The van der Waals surface area contributed by atoms with Crippen LogP contribution in [0.15, 0.2) is 24.3 Å². The lowest BCUT2D eigenvalue weighted by molar-refractivity contribution is -0.123. The van der Waals surface area contributed by atoms with Crippen LogP contribution in [0.1, 0.15) is 39.2 Å². The molecule has 1 aromatic rings. The molecular weight excluding hydrogens is 264 g/mol. The van der Waals surface area contributed by atoms with Gasteiger partial charge in [-0.25, -0.2) is 0 Å². The van der Waals surface area contributed by atoms with Gasteiger partial charge in [-0.1, -0.05) is 32.9 Å². The Morgan fingerprint density at radius 3 is 2.81 bits per heavy atom. The van der Waals surface area contributed by atoms with Gasteiger partial charge in [0.1, 0.15) is 5.75 Å². The Morgan fingerprint density at radius 2 is 2.10 bits per heavy atom. The van der Waals surface area contributed by atoms with Gasteiger partial charge >= 0.3 is 0 Å². The molecule has 1 amide bonds. The number of amides is 1. The van der Waals surface area contributed by atoms with Crippen LogP contribution in [-0.4, -0.2) is 25.6 Å². The minimum Gasteiger partial charge on any atom is -0.484 e. The average Bonchev–Trinajstić information content (AvgIpc) is 2.45. The summed E-state index contributed by atoms with van der Waals surface area (Å²) in [5.74, 6) is 1.27. The number of hydrogen-bond acceptors (Lipinski definition) is 3. The highest BCUT2D eigenvalue weighted by Gasteiger charge is 2.03. The van der Waals surface area contributed by atoms with E-state index in [9.17, 15) is 4.79 Å². The number of carbonyl (C=O) groups is 1. The van der Waals surface area contributed by atoms with Crippen LogP contribution in [-0.2, 0) is 11.3 Å². The molecule has 0 spiro atoms. The lowest BCUT2D eigenvalue weighted by atomic mass is 10.1. The van der Waals surface area contributed by atoms with Crippen molar-refractivity contribution in [3.8, 4) is 5.75 Å². The SMILES string of the molecule is CCCNCc1cccc(OCC(=O)NCCC(C)C)c1. The molecule has 21 heavy (non-hydrogen) atoms. The maximum Gasteiger partial charge on any atom is 0.257 e. The highest BCUT2D eigenvalue weighted by molar-refractivity contribution is 5.77. The molecular formula is C17H28N2O2. The van der Waals surface area contributed by atoms with Gasteiger partial charge in [0.2, 0.25) is 0 Å². The third-order valence-corrected chi connectivity index (χ3v) is 3.07. The van der Waals surface area contributed by atoms with Crippen molar-refractivity contribution in [2.45, 2.75) is 40.2 Å². The normalized spacial score (nSPS) is 10.7. The summed E-state index contributed by atoms with van der Waals surface area (Å²) in [4.78, 5) is 11.6. The summed E-state index contributed by atoms with van der Waals surface area (Å²) < 4.78 is 5.53. The Kier molecular flexibility index (Phi) is 8.51. The second kappa shape index (κ2) is 10.2. The lowest BCUT2D eigenvalue weighted by Gasteiger charge is -2.10. The molecule has 0 saturated heterocycles. The van der Waals surface area contributed by atoms with Gasteiger partial charge in [-0.2, -0.15) is 0 Å². The van der Waals surface area contributed by atoms with E-state index < -0.39 is 0 Å². The zero-order valence-corrected chi connectivity index (χ0v) is 13.4. The minimum atomic E-state index is -0.0647. The molecule has 0 aliphatic rings. The van der Waals surface area contributed by atoms with Crippen molar-refractivity contribution < 1.29 is 9.53 Å². The summed E-state index contributed by atoms with van der Waals surface area (Å²) >= 11 is 0. The van der Waals surface area contributed by atoms with Crippen molar-refractivity contribution in [2.24, 2.45) is 5.92 Å². The summed E-state index contributed by atoms with van der Waals surface area (Å²) in [6.45, 7) is 9.03. The first-order chi connectivity index (χ1) is 10.1. The second-order valence-corrected chi connectivity index (χ2v) is 5.65. The van der Waals surface area contributed by atoms with Crippen LogP contribution < -0.4 is 15.4 Å². The van der Waals surface area contributed by atoms with E-state index in [0.717, 1.165) is 31.7 Å². The van der Waals surface area contributed by atoms with Crippen LogP contribution in [0.4, 0.5) is 0 Å². The third-order valence-electron chi connectivity index (χ3n) is 3.07. The molecule has 118 valence electrons. The third kappa shape index (κ3) is 8.35. The molecule has 4 heteroatoms. The van der Waals surface area contributed by atoms with E-state index in [1.54, 1.807) is 0 Å². The van der Waals surface area contributed by atoms with E-state index in [1.165, 1.54) is 5.56 Å². The molecule has 1 rings (SSSR count). The van der Waals surface area contributed by atoms with Gasteiger partial charge in [-0.05, 0) is 43.0 Å². The van der Waals surface area contributed by atoms with E-state index in [0.29, 0.717) is 12.5 Å². The maximum atomic E-state index is 11.6. The standard InChI is InChI=1S/C17H28N2O2/c1-4-9-18-12-15-6-5-7-16(11-15)21-13-17(20)19-10-8-14(2)3/h5-7,11,14,18H,4,8-10,12-13H2,1-3H3,(H,19,20). The van der Waals surface area contributed by atoms with E-state index in [-0.39, 0.29) is 12.5 Å². The Hall–Kier alpha value is -1.55. The molecule has 0 radical (unpaired) electrons. The summed E-state index contributed by atoms with van der Waals surface area (Å²) in [5, 5.41) is 6.21. The van der Waals surface area contributed by atoms with E-state index in [2.05, 4.69) is 37.5 Å². The molecule has 1 aromatic carbocycles. The monoisotopic (exact) mass is 292 g/mol. The molecule has 4 nitrogen and oxygen atoms in total. The zero-order valence-electron chi connectivity index (χ0n) is 13.4. The van der Waals surface area contributed by atoms with Crippen LogP contribution in [0.25, 0.3) is 0 Å². The fraction of sp³-hybridized carbons (Fsp3) is 0.588. The number of hydrogen-bond donors (Lipinski definition) is 2. The topological polar surface area (TPSA) is 50.4 Å². The van der Waals surface area contributed by atoms with Gasteiger partial charge in [-0.3, -0.25) is 4.79 Å². The van der Waals surface area contributed by atoms with E-state index in [4.69, 9.17) is 4.74 Å². The predicted octanol–water partition coefficient (Wildman–Crippen LogP) is 2.73. The molecule has 0 atom stereocenters. The van der Waals surface area contributed by atoms with Gasteiger partial charge in [0.05, 0.1) is 0 Å².